The van der Waals surface area contributed by atoms with E-state index in [2.05, 4.69) is 5.43 Å². The molecule has 0 aromatic rings. The molecule has 0 spiro atoms. The first-order valence-corrected chi connectivity index (χ1v) is 2.99. The molecular formula is C6H16N3+. The Kier molecular flexibility index (Phi) is 3.24. The van der Waals surface area contributed by atoms with Crippen LogP contribution in [0.2, 0.25) is 0 Å². The highest BCUT2D eigenvalue weighted by Crippen LogP contribution is 1.68. The summed E-state index contributed by atoms with van der Waals surface area (Å²) < 4.78 is 2.03. The molecule has 54 valence electrons. The Labute approximate surface area is 56.9 Å². The molecule has 3 heteroatoms. The van der Waals surface area contributed by atoms with Crippen LogP contribution in [0.3, 0.4) is 0 Å². The molecular weight excluding hydrogens is 114 g/mol. The monoisotopic (exact) mass is 130 g/mol. The molecule has 0 aliphatic heterocycles. The molecule has 0 saturated carbocycles. The summed E-state index contributed by atoms with van der Waals surface area (Å²) in [4.78, 5) is 0. The standard InChI is InChI=1S/C6H15N3/c1-6(8(2)3)7-9(4)5/h1-5H3/p+1. The fourth-order valence-electron chi connectivity index (χ4n) is 0.424. The van der Waals surface area contributed by atoms with E-state index in [1.165, 1.54) is 0 Å². The first-order chi connectivity index (χ1) is 4.04. The molecule has 0 aromatic heterocycles. The second kappa shape index (κ2) is 3.45. The van der Waals surface area contributed by atoms with E-state index in [0.717, 1.165) is 5.84 Å². The van der Waals surface area contributed by atoms with Crippen LogP contribution in [-0.2, 0) is 0 Å². The maximum absolute atomic E-state index is 3.12. The lowest BCUT2D eigenvalue weighted by Gasteiger charge is -2.06. The zero-order valence-electron chi connectivity index (χ0n) is 6.89. The molecule has 0 radical (unpaired) electrons. The Balaban J connectivity index is 3.77. The lowest BCUT2D eigenvalue weighted by Crippen LogP contribution is -2.38. The minimum Gasteiger partial charge on any atom is -0.270 e. The molecule has 0 unspecified atom stereocenters. The Morgan fingerprint density at radius 2 is 1.78 bits per heavy atom. The third-order valence-electron chi connectivity index (χ3n) is 1.06. The second-order valence-electron chi connectivity index (χ2n) is 2.49. The average molecular weight is 130 g/mol. The quantitative estimate of drug-likeness (QED) is 0.228. The van der Waals surface area contributed by atoms with Gasteiger partial charge in [0, 0.05) is 21.0 Å². The van der Waals surface area contributed by atoms with Gasteiger partial charge in [0.1, 0.15) is 0 Å². The largest absolute Gasteiger partial charge is 0.270 e. The SMILES string of the molecule is CC(NN(C)C)=[N+](C)C. The fraction of sp³-hybridized carbons (Fsp3) is 0.833. The van der Waals surface area contributed by atoms with Crippen molar-refractivity contribution in [1.29, 1.82) is 0 Å². The van der Waals surface area contributed by atoms with Crippen molar-refractivity contribution in [2.24, 2.45) is 0 Å². The van der Waals surface area contributed by atoms with E-state index in [0.29, 0.717) is 0 Å². The highest BCUT2D eigenvalue weighted by molar-refractivity contribution is 5.73. The van der Waals surface area contributed by atoms with Gasteiger partial charge in [-0.2, -0.15) is 10.4 Å². The number of hydrazine groups is 1. The molecule has 0 heterocycles. The van der Waals surface area contributed by atoms with E-state index in [1.54, 1.807) is 0 Å². The minimum atomic E-state index is 1.14. The number of hydrogen-bond donors (Lipinski definition) is 1. The molecule has 0 atom stereocenters. The van der Waals surface area contributed by atoms with Crippen molar-refractivity contribution in [2.75, 3.05) is 28.2 Å². The van der Waals surface area contributed by atoms with Crippen molar-refractivity contribution in [3.05, 3.63) is 0 Å². The highest BCUT2D eigenvalue weighted by Gasteiger charge is 1.98. The number of amidine groups is 1. The topological polar surface area (TPSA) is 18.3 Å². The summed E-state index contributed by atoms with van der Waals surface area (Å²) in [6.07, 6.45) is 0. The molecule has 9 heavy (non-hydrogen) atoms. The molecule has 0 aliphatic carbocycles. The summed E-state index contributed by atoms with van der Waals surface area (Å²) in [6.45, 7) is 2.03. The first kappa shape index (κ1) is 8.43. The molecule has 0 aliphatic rings. The maximum Gasteiger partial charge on any atom is 0.259 e. The van der Waals surface area contributed by atoms with Crippen molar-refractivity contribution >= 4 is 5.84 Å². The predicted molar refractivity (Wildman–Crippen MR) is 39.6 cm³/mol. The fourth-order valence-corrected chi connectivity index (χ4v) is 0.424. The minimum absolute atomic E-state index is 1.14. The Morgan fingerprint density at radius 3 is 1.89 bits per heavy atom. The van der Waals surface area contributed by atoms with Crippen LogP contribution in [0, 0.1) is 0 Å². The van der Waals surface area contributed by atoms with E-state index in [-0.39, 0.29) is 0 Å². The molecule has 0 aromatic carbocycles. The van der Waals surface area contributed by atoms with Crippen LogP contribution in [0.1, 0.15) is 6.92 Å². The van der Waals surface area contributed by atoms with Gasteiger partial charge in [0.25, 0.3) is 5.84 Å². The van der Waals surface area contributed by atoms with Crippen molar-refractivity contribution in [2.45, 2.75) is 6.92 Å². The summed E-state index contributed by atoms with van der Waals surface area (Å²) in [5.41, 5.74) is 3.12. The van der Waals surface area contributed by atoms with Crippen molar-refractivity contribution < 1.29 is 4.58 Å². The van der Waals surface area contributed by atoms with Crippen molar-refractivity contribution in [3.63, 3.8) is 0 Å². The first-order valence-electron chi connectivity index (χ1n) is 2.99. The van der Waals surface area contributed by atoms with Crippen LogP contribution >= 0.6 is 0 Å². The Morgan fingerprint density at radius 1 is 1.33 bits per heavy atom. The van der Waals surface area contributed by atoms with E-state index in [9.17, 15) is 0 Å². The van der Waals surface area contributed by atoms with Crippen LogP contribution in [0.5, 0.6) is 0 Å². The molecule has 0 amide bonds. The summed E-state index contributed by atoms with van der Waals surface area (Å²) >= 11 is 0. The van der Waals surface area contributed by atoms with E-state index >= 15 is 0 Å². The molecule has 0 saturated heterocycles. The van der Waals surface area contributed by atoms with Gasteiger partial charge in [0.2, 0.25) is 0 Å². The van der Waals surface area contributed by atoms with Gasteiger partial charge in [0.15, 0.2) is 0 Å². The molecule has 1 N–H and O–H groups in total. The molecule has 0 rings (SSSR count). The zero-order chi connectivity index (χ0) is 7.44. The summed E-state index contributed by atoms with van der Waals surface area (Å²) in [5.74, 6) is 1.14. The third-order valence-corrected chi connectivity index (χ3v) is 1.06. The predicted octanol–water partition coefficient (Wildman–Crippen LogP) is -0.257. The van der Waals surface area contributed by atoms with Gasteiger partial charge in [-0.05, 0) is 0 Å². The average Bonchev–Trinajstić information content (AvgIpc) is 1.63. The number of nitrogens with zero attached hydrogens (tertiary/aromatic N) is 2. The molecule has 3 nitrogen and oxygen atoms in total. The van der Waals surface area contributed by atoms with E-state index < -0.39 is 0 Å². The van der Waals surface area contributed by atoms with Gasteiger partial charge in [-0.3, -0.25) is 4.58 Å². The van der Waals surface area contributed by atoms with Gasteiger partial charge < -0.3 is 0 Å². The van der Waals surface area contributed by atoms with E-state index in [1.807, 2.05) is 44.7 Å². The van der Waals surface area contributed by atoms with Gasteiger partial charge in [-0.1, -0.05) is 0 Å². The third kappa shape index (κ3) is 3.97. The molecule has 0 fully saturated rings. The second-order valence-corrected chi connectivity index (χ2v) is 2.49. The van der Waals surface area contributed by atoms with E-state index in [4.69, 9.17) is 0 Å². The summed E-state index contributed by atoms with van der Waals surface area (Å²) in [7, 11) is 7.94. The van der Waals surface area contributed by atoms with Gasteiger partial charge >= 0.3 is 0 Å². The van der Waals surface area contributed by atoms with Crippen molar-refractivity contribution in [3.8, 4) is 0 Å². The normalized spacial score (nSPS) is 9.56. The maximum atomic E-state index is 3.12. The molecule has 0 bridgehead atoms. The van der Waals surface area contributed by atoms with Crippen LogP contribution in [-0.4, -0.2) is 43.6 Å². The summed E-state index contributed by atoms with van der Waals surface area (Å²) in [6, 6.07) is 0. The van der Waals surface area contributed by atoms with Gasteiger partial charge in [-0.25, -0.2) is 0 Å². The van der Waals surface area contributed by atoms with Gasteiger partial charge in [0.05, 0.1) is 14.1 Å². The Bertz CT molecular complexity index is 111. The van der Waals surface area contributed by atoms with Crippen molar-refractivity contribution in [1.82, 2.24) is 10.4 Å². The number of nitrogens with one attached hydrogen (secondary N) is 1. The lowest BCUT2D eigenvalue weighted by molar-refractivity contribution is -0.468. The lowest BCUT2D eigenvalue weighted by atomic mass is 10.7. The van der Waals surface area contributed by atoms with Crippen LogP contribution < -0.4 is 5.43 Å². The smallest absolute Gasteiger partial charge is 0.259 e. The van der Waals surface area contributed by atoms with Crippen LogP contribution in [0.4, 0.5) is 0 Å². The Hall–Kier alpha value is -0.570. The highest BCUT2D eigenvalue weighted by atomic mass is 15.5. The zero-order valence-corrected chi connectivity index (χ0v) is 6.89. The van der Waals surface area contributed by atoms with Crippen LogP contribution in [0.15, 0.2) is 0 Å². The van der Waals surface area contributed by atoms with Gasteiger partial charge in [-0.15, -0.1) is 0 Å². The number of rotatable bonds is 1. The summed E-state index contributed by atoms with van der Waals surface area (Å²) in [5, 5.41) is 1.91. The number of hydrogen-bond acceptors (Lipinski definition) is 1. The van der Waals surface area contributed by atoms with Crippen LogP contribution in [0.25, 0.3) is 0 Å².